The van der Waals surface area contributed by atoms with E-state index in [1.807, 2.05) is 4.72 Å². The van der Waals surface area contributed by atoms with E-state index in [1.54, 1.807) is 0 Å². The normalized spacial score (nSPS) is 12.5. The monoisotopic (exact) mass is 351 g/mol. The van der Waals surface area contributed by atoms with E-state index >= 15 is 0 Å². The molecule has 0 amide bonds. The number of hydrogen-bond donors (Lipinski definition) is 1. The summed E-state index contributed by atoms with van der Waals surface area (Å²) in [5.41, 5.74) is -1.28. The number of nitrogens with one attached hydrogen (secondary N) is 1. The van der Waals surface area contributed by atoms with Gasteiger partial charge >= 0.3 is 6.18 Å². The van der Waals surface area contributed by atoms with Crippen LogP contribution in [0.5, 0.6) is 0 Å². The first-order valence-electron chi connectivity index (χ1n) is 4.09. The molecule has 0 atom stereocenters. The third kappa shape index (κ3) is 4.04. The molecule has 9 heteroatoms. The van der Waals surface area contributed by atoms with Crippen LogP contribution in [0, 0.1) is 0 Å². The van der Waals surface area contributed by atoms with Crippen LogP contribution in [0.3, 0.4) is 0 Å². The summed E-state index contributed by atoms with van der Waals surface area (Å²) >= 11 is 8.29. The van der Waals surface area contributed by atoms with E-state index in [9.17, 15) is 21.6 Å². The number of anilines is 1. The zero-order valence-corrected chi connectivity index (χ0v) is 11.2. The molecule has 0 aliphatic carbocycles. The molecule has 0 aliphatic heterocycles. The van der Waals surface area contributed by atoms with E-state index in [1.165, 1.54) is 0 Å². The number of alkyl halides is 4. The van der Waals surface area contributed by atoms with E-state index < -0.39 is 26.4 Å². The van der Waals surface area contributed by atoms with Crippen LogP contribution >= 0.6 is 27.5 Å². The molecule has 0 radical (unpaired) electrons. The van der Waals surface area contributed by atoms with Crippen LogP contribution in [0.25, 0.3) is 0 Å². The number of rotatable bonds is 3. The Labute approximate surface area is 109 Å². The van der Waals surface area contributed by atoms with Gasteiger partial charge in [-0.05, 0) is 18.2 Å². The van der Waals surface area contributed by atoms with E-state index in [0.717, 1.165) is 12.1 Å². The fourth-order valence-electron chi connectivity index (χ4n) is 0.975. The zero-order valence-electron chi connectivity index (χ0n) is 8.05. The average Bonchev–Trinajstić information content (AvgIpc) is 2.19. The zero-order chi connectivity index (χ0) is 13.3. The van der Waals surface area contributed by atoms with Gasteiger partial charge < -0.3 is 0 Å². The Bertz CT molecular complexity index is 518. The van der Waals surface area contributed by atoms with Crippen LogP contribution < -0.4 is 4.72 Å². The molecule has 3 nitrogen and oxygen atoms in total. The topological polar surface area (TPSA) is 46.2 Å². The Morgan fingerprint density at radius 1 is 1.35 bits per heavy atom. The SMILES string of the molecule is O=S(=O)(CBr)Nc1cc(C(F)(F)F)ccc1Cl. The lowest BCUT2D eigenvalue weighted by Gasteiger charge is -2.11. The van der Waals surface area contributed by atoms with Gasteiger partial charge in [-0.3, -0.25) is 4.72 Å². The van der Waals surface area contributed by atoms with Gasteiger partial charge in [0.2, 0.25) is 10.0 Å². The standard InChI is InChI=1S/C8H6BrClF3NO2S/c9-4-17(15,16)14-7-3-5(8(11,12)13)1-2-6(7)10/h1-3,14H,4H2. The predicted octanol–water partition coefficient (Wildman–Crippen LogP) is 3.45. The predicted molar refractivity (Wildman–Crippen MR) is 62.8 cm³/mol. The highest BCUT2D eigenvalue weighted by molar-refractivity contribution is 9.10. The highest BCUT2D eigenvalue weighted by Crippen LogP contribution is 2.34. The molecule has 1 aromatic rings. The van der Waals surface area contributed by atoms with Crippen LogP contribution in [0.1, 0.15) is 5.56 Å². The number of sulfonamides is 1. The molecular formula is C8H6BrClF3NO2S. The van der Waals surface area contributed by atoms with Gasteiger partial charge in [0.1, 0.15) is 4.66 Å². The number of hydrogen-bond acceptors (Lipinski definition) is 2. The lowest BCUT2D eigenvalue weighted by atomic mass is 10.2. The Kier molecular flexibility index (Phi) is 4.32. The Balaban J connectivity index is 3.17. The summed E-state index contributed by atoms with van der Waals surface area (Å²) in [4.78, 5) is 0. The number of benzene rings is 1. The molecule has 0 aromatic heterocycles. The van der Waals surface area contributed by atoms with Gasteiger partial charge in [0.15, 0.2) is 0 Å². The molecule has 17 heavy (non-hydrogen) atoms. The molecule has 0 spiro atoms. The fourth-order valence-corrected chi connectivity index (χ4v) is 2.10. The first kappa shape index (κ1) is 14.6. The second-order valence-electron chi connectivity index (χ2n) is 3.02. The van der Waals surface area contributed by atoms with Crippen molar-refractivity contribution in [3.8, 4) is 0 Å². The van der Waals surface area contributed by atoms with Gasteiger partial charge in [-0.15, -0.1) is 0 Å². The summed E-state index contributed by atoms with van der Waals surface area (Å²) in [5.74, 6) is 0. The molecule has 0 saturated heterocycles. The minimum atomic E-state index is -4.56. The molecule has 0 heterocycles. The van der Waals surface area contributed by atoms with Gasteiger partial charge in [-0.1, -0.05) is 27.5 Å². The largest absolute Gasteiger partial charge is 0.416 e. The van der Waals surface area contributed by atoms with Crippen LogP contribution in [0.15, 0.2) is 18.2 Å². The molecule has 1 aromatic carbocycles. The van der Waals surface area contributed by atoms with Gasteiger partial charge in [0.05, 0.1) is 16.3 Å². The van der Waals surface area contributed by atoms with Crippen molar-refractivity contribution in [3.63, 3.8) is 0 Å². The second kappa shape index (κ2) is 5.03. The minimum absolute atomic E-state index is 0.109. The van der Waals surface area contributed by atoms with Crippen molar-refractivity contribution in [1.29, 1.82) is 0 Å². The smallest absolute Gasteiger partial charge is 0.281 e. The van der Waals surface area contributed by atoms with Crippen molar-refractivity contribution in [2.75, 3.05) is 9.38 Å². The first-order chi connectivity index (χ1) is 7.65. The lowest BCUT2D eigenvalue weighted by molar-refractivity contribution is -0.137. The van der Waals surface area contributed by atoms with Crippen molar-refractivity contribution >= 4 is 43.2 Å². The van der Waals surface area contributed by atoms with E-state index in [4.69, 9.17) is 11.6 Å². The summed E-state index contributed by atoms with van der Waals surface area (Å²) in [7, 11) is -3.74. The molecular weight excluding hydrogens is 347 g/mol. The highest BCUT2D eigenvalue weighted by atomic mass is 79.9. The van der Waals surface area contributed by atoms with Crippen LogP contribution in [-0.4, -0.2) is 13.1 Å². The molecule has 0 aliphatic rings. The van der Waals surface area contributed by atoms with Crippen molar-refractivity contribution in [3.05, 3.63) is 28.8 Å². The Morgan fingerprint density at radius 3 is 2.41 bits per heavy atom. The summed E-state index contributed by atoms with van der Waals surface area (Å²) in [6.45, 7) is 0. The van der Waals surface area contributed by atoms with E-state index in [0.29, 0.717) is 6.07 Å². The maximum atomic E-state index is 12.4. The summed E-state index contributed by atoms with van der Waals surface area (Å²) < 4.78 is 61.0. The Morgan fingerprint density at radius 2 is 1.94 bits per heavy atom. The molecule has 1 N–H and O–H groups in total. The summed E-state index contributed by atoms with van der Waals surface area (Å²) in [6.07, 6.45) is -4.56. The van der Waals surface area contributed by atoms with Crippen LogP contribution in [-0.2, 0) is 16.2 Å². The van der Waals surface area contributed by atoms with Crippen molar-refractivity contribution in [1.82, 2.24) is 0 Å². The molecule has 0 bridgehead atoms. The quantitative estimate of drug-likeness (QED) is 0.847. The van der Waals surface area contributed by atoms with Crippen LogP contribution in [0.4, 0.5) is 18.9 Å². The fraction of sp³-hybridized carbons (Fsp3) is 0.250. The van der Waals surface area contributed by atoms with Gasteiger partial charge in [0.25, 0.3) is 0 Å². The van der Waals surface area contributed by atoms with Crippen molar-refractivity contribution in [2.24, 2.45) is 0 Å². The van der Waals surface area contributed by atoms with E-state index in [2.05, 4.69) is 15.9 Å². The van der Waals surface area contributed by atoms with Crippen LogP contribution in [0.2, 0.25) is 5.02 Å². The Hall–Kier alpha value is -0.470. The molecule has 0 fully saturated rings. The molecule has 0 unspecified atom stereocenters. The molecule has 1 rings (SSSR count). The maximum absolute atomic E-state index is 12.4. The van der Waals surface area contributed by atoms with Gasteiger partial charge in [0, 0.05) is 0 Å². The second-order valence-corrected chi connectivity index (χ2v) is 6.45. The van der Waals surface area contributed by atoms with Gasteiger partial charge in [-0.25, -0.2) is 8.42 Å². The minimum Gasteiger partial charge on any atom is -0.281 e. The summed E-state index contributed by atoms with van der Waals surface area (Å²) in [5, 5.41) is -0.109. The number of halogens is 5. The van der Waals surface area contributed by atoms with Gasteiger partial charge in [-0.2, -0.15) is 13.2 Å². The molecule has 96 valence electrons. The maximum Gasteiger partial charge on any atom is 0.416 e. The van der Waals surface area contributed by atoms with Crippen molar-refractivity contribution < 1.29 is 21.6 Å². The highest BCUT2D eigenvalue weighted by Gasteiger charge is 2.31. The average molecular weight is 353 g/mol. The third-order valence-electron chi connectivity index (χ3n) is 1.70. The van der Waals surface area contributed by atoms with E-state index in [-0.39, 0.29) is 10.7 Å². The lowest BCUT2D eigenvalue weighted by Crippen LogP contribution is -2.14. The molecule has 0 saturated carbocycles. The third-order valence-corrected chi connectivity index (χ3v) is 4.66. The summed E-state index contributed by atoms with van der Waals surface area (Å²) in [6, 6.07) is 2.40. The first-order valence-corrected chi connectivity index (χ1v) is 7.24. The van der Waals surface area contributed by atoms with Crippen molar-refractivity contribution in [2.45, 2.75) is 6.18 Å².